The van der Waals surface area contributed by atoms with Crippen molar-refractivity contribution in [1.29, 1.82) is 5.26 Å². The number of piperidine rings is 1. The van der Waals surface area contributed by atoms with Crippen LogP contribution in [0, 0.1) is 11.3 Å². The number of hydrogen-bond donors (Lipinski definition) is 2. The smallest absolute Gasteiger partial charge is 0.263 e. The van der Waals surface area contributed by atoms with Crippen LogP contribution >= 0.6 is 0 Å². The van der Waals surface area contributed by atoms with Gasteiger partial charge in [0.1, 0.15) is 17.4 Å². The van der Waals surface area contributed by atoms with E-state index in [4.69, 9.17) is 0 Å². The summed E-state index contributed by atoms with van der Waals surface area (Å²) in [5.41, 5.74) is 4.65. The maximum absolute atomic E-state index is 13.3. The Hall–Kier alpha value is -4.17. The molecule has 172 valence electrons. The van der Waals surface area contributed by atoms with Gasteiger partial charge in [0.15, 0.2) is 5.69 Å². The SMILES string of the molecule is CN1CCC(n2cc(-c3cc4c5c(cnc4[nH]3)C(=O)N(c3cn[nH]c3C#N)CN5C)cn2)CC1. The molecule has 0 atom stereocenters. The van der Waals surface area contributed by atoms with Gasteiger partial charge in [-0.15, -0.1) is 0 Å². The predicted octanol–water partition coefficient (Wildman–Crippen LogP) is 2.34. The molecule has 11 nitrogen and oxygen atoms in total. The zero-order chi connectivity index (χ0) is 23.4. The summed E-state index contributed by atoms with van der Waals surface area (Å²) < 4.78 is 2.07. The van der Waals surface area contributed by atoms with E-state index in [2.05, 4.69) is 48.1 Å². The molecule has 11 heteroatoms. The molecule has 0 spiro atoms. The quantitative estimate of drug-likeness (QED) is 0.485. The lowest BCUT2D eigenvalue weighted by molar-refractivity contribution is 0.0982. The van der Waals surface area contributed by atoms with Gasteiger partial charge in [-0.1, -0.05) is 0 Å². The number of carbonyl (C=O) groups excluding carboxylic acids is 1. The van der Waals surface area contributed by atoms with Gasteiger partial charge in [-0.05, 0) is 39.0 Å². The van der Waals surface area contributed by atoms with Gasteiger partial charge in [0.05, 0.1) is 42.0 Å². The van der Waals surface area contributed by atoms with E-state index in [-0.39, 0.29) is 11.6 Å². The molecule has 0 aliphatic carbocycles. The van der Waals surface area contributed by atoms with E-state index in [1.54, 1.807) is 6.20 Å². The van der Waals surface area contributed by atoms with Crippen molar-refractivity contribution in [2.24, 2.45) is 0 Å². The molecule has 6 rings (SSSR count). The molecule has 2 N–H and O–H groups in total. The Morgan fingerprint density at radius 2 is 2.00 bits per heavy atom. The fourth-order valence-corrected chi connectivity index (χ4v) is 4.97. The van der Waals surface area contributed by atoms with E-state index < -0.39 is 0 Å². The van der Waals surface area contributed by atoms with E-state index in [1.165, 1.54) is 11.1 Å². The van der Waals surface area contributed by atoms with Gasteiger partial charge in [-0.3, -0.25) is 19.5 Å². The third kappa shape index (κ3) is 3.14. The van der Waals surface area contributed by atoms with Crippen LogP contribution in [0.5, 0.6) is 0 Å². The first-order chi connectivity index (χ1) is 16.5. The number of nitriles is 1. The molecule has 2 aliphatic rings. The number of nitrogens with zero attached hydrogens (tertiary/aromatic N) is 8. The van der Waals surface area contributed by atoms with Crippen molar-refractivity contribution >= 4 is 28.3 Å². The predicted molar refractivity (Wildman–Crippen MR) is 126 cm³/mol. The van der Waals surface area contributed by atoms with Crippen molar-refractivity contribution in [2.45, 2.75) is 18.9 Å². The maximum Gasteiger partial charge on any atom is 0.263 e. The zero-order valence-corrected chi connectivity index (χ0v) is 19.0. The summed E-state index contributed by atoms with van der Waals surface area (Å²) in [6, 6.07) is 4.50. The summed E-state index contributed by atoms with van der Waals surface area (Å²) in [5.74, 6) is -0.210. The van der Waals surface area contributed by atoms with Crippen molar-refractivity contribution in [1.82, 2.24) is 34.8 Å². The fraction of sp³-hybridized carbons (Fsp3) is 0.348. The number of nitrogens with one attached hydrogen (secondary N) is 2. The first kappa shape index (κ1) is 20.4. The third-order valence-electron chi connectivity index (χ3n) is 6.84. The molecule has 0 aromatic carbocycles. The number of amides is 1. The highest BCUT2D eigenvalue weighted by atomic mass is 16.2. The van der Waals surface area contributed by atoms with Gasteiger partial charge in [0, 0.05) is 30.4 Å². The van der Waals surface area contributed by atoms with Gasteiger partial charge >= 0.3 is 0 Å². The van der Waals surface area contributed by atoms with Gasteiger partial charge in [-0.2, -0.15) is 15.5 Å². The minimum atomic E-state index is -0.210. The van der Waals surface area contributed by atoms with Crippen molar-refractivity contribution in [2.75, 3.05) is 43.7 Å². The summed E-state index contributed by atoms with van der Waals surface area (Å²) in [6.07, 6.45) is 9.25. The van der Waals surface area contributed by atoms with Crippen LogP contribution in [0.1, 0.15) is 34.9 Å². The van der Waals surface area contributed by atoms with E-state index in [0.717, 1.165) is 53.9 Å². The molecule has 1 fully saturated rings. The monoisotopic (exact) mass is 456 g/mol. The number of likely N-dealkylation sites (tertiary alicyclic amines) is 1. The number of pyridine rings is 1. The van der Waals surface area contributed by atoms with Crippen molar-refractivity contribution < 1.29 is 4.79 Å². The van der Waals surface area contributed by atoms with Crippen LogP contribution in [0.25, 0.3) is 22.3 Å². The van der Waals surface area contributed by atoms with Crippen LogP contribution < -0.4 is 9.80 Å². The van der Waals surface area contributed by atoms with Crippen molar-refractivity contribution in [3.8, 4) is 17.3 Å². The number of rotatable bonds is 3. The van der Waals surface area contributed by atoms with E-state index >= 15 is 0 Å². The van der Waals surface area contributed by atoms with Gasteiger partial charge in [0.25, 0.3) is 5.91 Å². The zero-order valence-electron chi connectivity index (χ0n) is 19.0. The maximum atomic E-state index is 13.3. The Balaban J connectivity index is 1.35. The van der Waals surface area contributed by atoms with Gasteiger partial charge in [0.2, 0.25) is 0 Å². The second kappa shape index (κ2) is 7.71. The summed E-state index contributed by atoms with van der Waals surface area (Å²) in [6.45, 7) is 2.45. The molecule has 1 saturated heterocycles. The lowest BCUT2D eigenvalue weighted by atomic mass is 10.1. The second-order valence-corrected chi connectivity index (χ2v) is 9.02. The Kier molecular flexibility index (Phi) is 4.63. The lowest BCUT2D eigenvalue weighted by Crippen LogP contribution is -2.45. The Morgan fingerprint density at radius 1 is 1.18 bits per heavy atom. The Morgan fingerprint density at radius 3 is 2.79 bits per heavy atom. The molecule has 0 saturated carbocycles. The lowest BCUT2D eigenvalue weighted by Gasteiger charge is -2.35. The minimum Gasteiger partial charge on any atom is -0.355 e. The average molecular weight is 457 g/mol. The number of fused-ring (bicyclic) bond motifs is 3. The molecule has 6 heterocycles. The summed E-state index contributed by atoms with van der Waals surface area (Å²) in [4.78, 5) is 27.1. The molecule has 2 aliphatic heterocycles. The highest BCUT2D eigenvalue weighted by molar-refractivity contribution is 6.16. The normalized spacial score (nSPS) is 17.4. The topological polar surface area (TPSA) is 126 Å². The number of aromatic amines is 2. The largest absolute Gasteiger partial charge is 0.355 e. The van der Waals surface area contributed by atoms with Crippen LogP contribution in [0.2, 0.25) is 0 Å². The number of hydrogen-bond acceptors (Lipinski definition) is 7. The van der Waals surface area contributed by atoms with Crippen LogP contribution in [0.3, 0.4) is 0 Å². The summed E-state index contributed by atoms with van der Waals surface area (Å²) >= 11 is 0. The first-order valence-corrected chi connectivity index (χ1v) is 11.2. The van der Waals surface area contributed by atoms with Crippen molar-refractivity contribution in [3.05, 3.63) is 42.1 Å². The molecule has 0 radical (unpaired) electrons. The van der Waals surface area contributed by atoms with Crippen LogP contribution in [0.4, 0.5) is 11.4 Å². The molecular weight excluding hydrogens is 432 g/mol. The molecule has 1 amide bonds. The minimum absolute atomic E-state index is 0.210. The third-order valence-corrected chi connectivity index (χ3v) is 6.84. The second-order valence-electron chi connectivity index (χ2n) is 9.02. The summed E-state index contributed by atoms with van der Waals surface area (Å²) in [7, 11) is 4.08. The molecule has 34 heavy (non-hydrogen) atoms. The first-order valence-electron chi connectivity index (χ1n) is 11.2. The van der Waals surface area contributed by atoms with E-state index in [9.17, 15) is 10.1 Å². The molecule has 4 aromatic rings. The van der Waals surface area contributed by atoms with E-state index in [1.807, 2.05) is 30.3 Å². The van der Waals surface area contributed by atoms with Crippen molar-refractivity contribution in [3.63, 3.8) is 0 Å². The van der Waals surface area contributed by atoms with Crippen LogP contribution in [0.15, 0.2) is 30.9 Å². The summed E-state index contributed by atoms with van der Waals surface area (Å²) in [5, 5.41) is 21.4. The molecule has 0 unspecified atom stereocenters. The van der Waals surface area contributed by atoms with Crippen LogP contribution in [-0.4, -0.2) is 74.6 Å². The molecular formula is C23H24N10O. The number of H-pyrrole nitrogens is 2. The van der Waals surface area contributed by atoms with E-state index in [0.29, 0.717) is 24.0 Å². The Bertz CT molecular complexity index is 1430. The molecule has 0 bridgehead atoms. The highest BCUT2D eigenvalue weighted by Crippen LogP contribution is 2.37. The van der Waals surface area contributed by atoms with Gasteiger partial charge < -0.3 is 14.8 Å². The number of aromatic nitrogens is 6. The molecule has 4 aromatic heterocycles. The number of carbonyl (C=O) groups is 1. The van der Waals surface area contributed by atoms with Crippen LogP contribution in [-0.2, 0) is 0 Å². The average Bonchev–Trinajstić information content (AvgIpc) is 3.60. The standard InChI is InChI=1S/C23H24N10O/c1-30-5-3-15(4-6-30)33-12-14(9-27-33)18-7-16-21-17(10-25-22(16)28-18)23(34)32(13-31(21)2)20-11-26-29-19(20)8-24/h7,9-12,15H,3-6,13H2,1-2H3,(H,25,28)(H,26,29). The highest BCUT2D eigenvalue weighted by Gasteiger charge is 2.33. The Labute approximate surface area is 195 Å². The number of anilines is 2. The fourth-order valence-electron chi connectivity index (χ4n) is 4.97. The van der Waals surface area contributed by atoms with Gasteiger partial charge in [-0.25, -0.2) is 4.98 Å².